The number of amides is 3. The molecule has 36 heavy (non-hydrogen) atoms. The van der Waals surface area contributed by atoms with Gasteiger partial charge in [-0.2, -0.15) is 0 Å². The molecular weight excluding hydrogens is 480 g/mol. The third kappa shape index (κ3) is 8.07. The van der Waals surface area contributed by atoms with Gasteiger partial charge < -0.3 is 30.7 Å². The number of piperidine rings is 1. The zero-order chi connectivity index (χ0) is 26.0. The van der Waals surface area contributed by atoms with Crippen molar-refractivity contribution in [3.8, 4) is 0 Å². The maximum absolute atomic E-state index is 13.3. The summed E-state index contributed by atoms with van der Waals surface area (Å²) in [6.07, 6.45) is 8.84. The number of benzene rings is 1. The number of hydrogen-bond donors (Lipinski definition) is 4. The van der Waals surface area contributed by atoms with Gasteiger partial charge in [-0.3, -0.25) is 4.79 Å². The summed E-state index contributed by atoms with van der Waals surface area (Å²) >= 11 is 6.25. The van der Waals surface area contributed by atoms with Gasteiger partial charge in [0, 0.05) is 43.7 Å². The average molecular weight is 523 g/mol. The number of urea groups is 1. The molecule has 1 saturated heterocycles. The second kappa shape index (κ2) is 14.2. The molecule has 0 spiro atoms. The van der Waals surface area contributed by atoms with Crippen molar-refractivity contribution in [2.45, 2.75) is 63.0 Å². The number of aliphatic hydroxyl groups is 1. The summed E-state index contributed by atoms with van der Waals surface area (Å²) in [5.74, 6) is 0.0931. The first-order chi connectivity index (χ1) is 17.4. The van der Waals surface area contributed by atoms with Crippen molar-refractivity contribution in [3.05, 3.63) is 34.9 Å². The van der Waals surface area contributed by atoms with Crippen LogP contribution in [-0.4, -0.2) is 74.9 Å². The molecule has 0 radical (unpaired) electrons. The molecule has 1 heterocycles. The fourth-order valence-corrected chi connectivity index (χ4v) is 5.93. The van der Waals surface area contributed by atoms with E-state index in [1.165, 1.54) is 39.2 Å². The van der Waals surface area contributed by atoms with E-state index in [4.69, 9.17) is 16.3 Å². The molecule has 3 atom stereocenters. The summed E-state index contributed by atoms with van der Waals surface area (Å²) in [5.41, 5.74) is -0.745. The highest BCUT2D eigenvalue weighted by Crippen LogP contribution is 2.36. The molecule has 0 aromatic heterocycles. The maximum atomic E-state index is 13.3. The molecule has 8 nitrogen and oxygen atoms in total. The van der Waals surface area contributed by atoms with Gasteiger partial charge in [0.05, 0.1) is 6.54 Å². The van der Waals surface area contributed by atoms with Gasteiger partial charge in [0.25, 0.3) is 0 Å². The van der Waals surface area contributed by atoms with Crippen LogP contribution in [0.15, 0.2) is 24.3 Å². The quantitative estimate of drug-likeness (QED) is 0.357. The molecule has 1 aliphatic carbocycles. The summed E-state index contributed by atoms with van der Waals surface area (Å²) in [7, 11) is 3.37. The van der Waals surface area contributed by atoms with Crippen LogP contribution in [0.1, 0.15) is 56.9 Å². The van der Waals surface area contributed by atoms with E-state index in [2.05, 4.69) is 16.0 Å². The number of likely N-dealkylation sites (tertiary alicyclic amines) is 1. The van der Waals surface area contributed by atoms with E-state index in [0.29, 0.717) is 29.6 Å². The van der Waals surface area contributed by atoms with E-state index < -0.39 is 5.60 Å². The Bertz CT molecular complexity index is 851. The van der Waals surface area contributed by atoms with Crippen molar-refractivity contribution in [1.29, 1.82) is 0 Å². The molecule has 1 saturated carbocycles. The Morgan fingerprint density at radius 3 is 2.69 bits per heavy atom. The Hall–Kier alpha value is -1.87. The third-order valence-corrected chi connectivity index (χ3v) is 7.89. The molecule has 4 N–H and O–H groups in total. The number of rotatable bonds is 11. The largest absolute Gasteiger partial charge is 0.383 e. The topological polar surface area (TPSA) is 103 Å². The van der Waals surface area contributed by atoms with E-state index in [9.17, 15) is 14.7 Å². The van der Waals surface area contributed by atoms with Gasteiger partial charge >= 0.3 is 6.03 Å². The van der Waals surface area contributed by atoms with Gasteiger partial charge in [-0.1, -0.05) is 55.8 Å². The first kappa shape index (κ1) is 28.7. The highest BCUT2D eigenvalue weighted by molar-refractivity contribution is 6.30. The third-order valence-electron chi connectivity index (χ3n) is 7.66. The monoisotopic (exact) mass is 522 g/mol. The number of carbonyl (C=O) groups excluding carboxylic acids is 2. The number of carbonyl (C=O) groups is 2. The molecular formula is C27H43ClN4O4. The zero-order valence-corrected chi connectivity index (χ0v) is 22.5. The van der Waals surface area contributed by atoms with Gasteiger partial charge in [-0.25, -0.2) is 4.79 Å². The number of nitrogens with one attached hydrogen (secondary N) is 3. The lowest BCUT2D eigenvalue weighted by atomic mass is 9.76. The van der Waals surface area contributed by atoms with Crippen molar-refractivity contribution < 1.29 is 19.4 Å². The first-order valence-corrected chi connectivity index (χ1v) is 13.7. The van der Waals surface area contributed by atoms with Crippen LogP contribution in [0, 0.1) is 11.8 Å². The molecule has 2 fully saturated rings. The minimum atomic E-state index is -1.38. The number of halogens is 1. The Labute approximate surface area is 220 Å². The molecule has 3 amide bonds. The Kier molecular flexibility index (Phi) is 11.3. The maximum Gasteiger partial charge on any atom is 0.317 e. The molecule has 202 valence electrons. The van der Waals surface area contributed by atoms with Crippen LogP contribution in [-0.2, 0) is 15.1 Å². The van der Waals surface area contributed by atoms with Crippen LogP contribution in [0.5, 0.6) is 0 Å². The minimum Gasteiger partial charge on any atom is -0.383 e. The number of hydrogen-bond acceptors (Lipinski definition) is 5. The van der Waals surface area contributed by atoms with Gasteiger partial charge in [0.15, 0.2) is 0 Å². The predicted octanol–water partition coefficient (Wildman–Crippen LogP) is 3.27. The smallest absolute Gasteiger partial charge is 0.317 e. The molecule has 0 bridgehead atoms. The predicted molar refractivity (Wildman–Crippen MR) is 142 cm³/mol. The number of methoxy groups -OCH3 is 1. The molecule has 1 aromatic rings. The van der Waals surface area contributed by atoms with Crippen LogP contribution in [0.25, 0.3) is 0 Å². The Balaban J connectivity index is 1.70. The fourth-order valence-electron chi connectivity index (χ4n) is 5.74. The van der Waals surface area contributed by atoms with Crippen LogP contribution in [0.2, 0.25) is 5.02 Å². The van der Waals surface area contributed by atoms with Crippen molar-refractivity contribution in [1.82, 2.24) is 20.9 Å². The van der Waals surface area contributed by atoms with Crippen LogP contribution < -0.4 is 16.0 Å². The van der Waals surface area contributed by atoms with E-state index in [1.807, 2.05) is 18.0 Å². The molecule has 9 heteroatoms. The van der Waals surface area contributed by atoms with Crippen molar-refractivity contribution in [2.24, 2.45) is 11.8 Å². The van der Waals surface area contributed by atoms with Gasteiger partial charge in [0.1, 0.15) is 12.2 Å². The summed E-state index contributed by atoms with van der Waals surface area (Å²) in [6.45, 7) is 1.69. The number of likely N-dealkylation sites (N-methyl/N-ethyl adjacent to an activating group) is 1. The highest BCUT2D eigenvalue weighted by Gasteiger charge is 2.42. The normalized spacial score (nSPS) is 21.4. The SMILES string of the molecule is CNC[C@H](CC1CCCCC1)NC(=O)N1CCC[C@@H]([C@@](O)(CNC(=O)COC)c2cccc(Cl)c2)C1. The zero-order valence-electron chi connectivity index (χ0n) is 21.7. The van der Waals surface area contributed by atoms with E-state index in [-0.39, 0.29) is 37.0 Å². The van der Waals surface area contributed by atoms with Gasteiger partial charge in [-0.05, 0) is 49.9 Å². The van der Waals surface area contributed by atoms with Crippen LogP contribution in [0.3, 0.4) is 0 Å². The van der Waals surface area contributed by atoms with Crippen LogP contribution >= 0.6 is 11.6 Å². The summed E-state index contributed by atoms with van der Waals surface area (Å²) < 4.78 is 4.92. The summed E-state index contributed by atoms with van der Waals surface area (Å²) in [5, 5.41) is 21.7. The second-order valence-electron chi connectivity index (χ2n) is 10.4. The fraction of sp³-hybridized carbons (Fsp3) is 0.704. The van der Waals surface area contributed by atoms with Crippen LogP contribution in [0.4, 0.5) is 4.79 Å². The first-order valence-electron chi connectivity index (χ1n) is 13.3. The van der Waals surface area contributed by atoms with Gasteiger partial charge in [0.2, 0.25) is 5.91 Å². The lowest BCUT2D eigenvalue weighted by Crippen LogP contribution is -2.56. The molecule has 1 aromatic carbocycles. The van der Waals surface area contributed by atoms with Crippen molar-refractivity contribution in [3.63, 3.8) is 0 Å². The Morgan fingerprint density at radius 2 is 2.00 bits per heavy atom. The van der Waals surface area contributed by atoms with Crippen molar-refractivity contribution in [2.75, 3.05) is 46.9 Å². The molecule has 3 rings (SSSR count). The van der Waals surface area contributed by atoms with Crippen molar-refractivity contribution >= 4 is 23.5 Å². The van der Waals surface area contributed by atoms with E-state index in [0.717, 1.165) is 25.8 Å². The minimum absolute atomic E-state index is 0.0136. The average Bonchev–Trinajstić information content (AvgIpc) is 2.88. The number of nitrogens with zero attached hydrogens (tertiary/aromatic N) is 1. The molecule has 0 unspecified atom stereocenters. The standard InChI is InChI=1S/C27H43ClN4O4/c1-29-16-24(14-20-8-4-3-5-9-20)31-26(34)32-13-7-11-22(17-32)27(35,19-30-25(33)18-36-2)21-10-6-12-23(28)15-21/h6,10,12,15,20,22,24,29,35H,3-5,7-9,11,13-14,16-19H2,1-2H3,(H,30,33)(H,31,34)/t22-,24+,27-/m1/s1. The van der Waals surface area contributed by atoms with E-state index >= 15 is 0 Å². The summed E-state index contributed by atoms with van der Waals surface area (Å²) in [4.78, 5) is 27.3. The highest BCUT2D eigenvalue weighted by atomic mass is 35.5. The number of ether oxygens (including phenoxy) is 1. The van der Waals surface area contributed by atoms with Gasteiger partial charge in [-0.15, -0.1) is 0 Å². The lowest BCUT2D eigenvalue weighted by Gasteiger charge is -2.43. The molecule has 1 aliphatic heterocycles. The summed E-state index contributed by atoms with van der Waals surface area (Å²) in [6, 6.07) is 7.08. The lowest BCUT2D eigenvalue weighted by molar-refractivity contribution is -0.127. The Morgan fingerprint density at radius 1 is 1.22 bits per heavy atom. The van der Waals surface area contributed by atoms with E-state index in [1.54, 1.807) is 18.2 Å². The second-order valence-corrected chi connectivity index (χ2v) is 10.8. The molecule has 2 aliphatic rings.